The zero-order chi connectivity index (χ0) is 28.9. The van der Waals surface area contributed by atoms with E-state index in [0.717, 1.165) is 22.4 Å². The van der Waals surface area contributed by atoms with E-state index in [0.29, 0.717) is 10.8 Å². The van der Waals surface area contributed by atoms with Crippen LogP contribution in [0.1, 0.15) is 29.9 Å². The van der Waals surface area contributed by atoms with Crippen LogP contribution in [0.25, 0.3) is 22.4 Å². The van der Waals surface area contributed by atoms with Gasteiger partial charge in [0.2, 0.25) is 0 Å². The van der Waals surface area contributed by atoms with E-state index in [4.69, 9.17) is 4.74 Å². The van der Waals surface area contributed by atoms with Crippen molar-refractivity contribution in [3.05, 3.63) is 83.5 Å². The fourth-order valence-electron chi connectivity index (χ4n) is 3.92. The summed E-state index contributed by atoms with van der Waals surface area (Å²) < 4.78 is 30.2. The highest BCUT2D eigenvalue weighted by Crippen LogP contribution is 2.29. The Morgan fingerprint density at radius 2 is 1.73 bits per heavy atom. The van der Waals surface area contributed by atoms with Gasteiger partial charge in [-0.15, -0.1) is 11.3 Å². The highest BCUT2D eigenvalue weighted by Gasteiger charge is 2.25. The summed E-state index contributed by atoms with van der Waals surface area (Å²) >= 11 is 1.26. The first-order valence-electron chi connectivity index (χ1n) is 12.5. The van der Waals surface area contributed by atoms with E-state index >= 15 is 0 Å². The summed E-state index contributed by atoms with van der Waals surface area (Å²) in [4.78, 5) is 34.9. The number of anilines is 1. The van der Waals surface area contributed by atoms with Crippen LogP contribution in [-0.2, 0) is 19.4 Å². The van der Waals surface area contributed by atoms with Gasteiger partial charge in [0.15, 0.2) is 15.0 Å². The lowest BCUT2D eigenvalue weighted by Crippen LogP contribution is -2.46. The Labute approximate surface area is 237 Å². The second-order valence-corrected chi connectivity index (χ2v) is 12.8. The van der Waals surface area contributed by atoms with Crippen LogP contribution < -0.4 is 10.6 Å². The molecule has 0 bridgehead atoms. The van der Waals surface area contributed by atoms with Gasteiger partial charge in [-0.25, -0.2) is 13.4 Å². The second kappa shape index (κ2) is 12.5. The minimum Gasteiger partial charge on any atom is -0.382 e. The van der Waals surface area contributed by atoms with Gasteiger partial charge in [0, 0.05) is 35.5 Å². The molecule has 0 spiro atoms. The number of hydrogen-bond acceptors (Lipinski definition) is 8. The molecule has 4 aromatic rings. The average molecular weight is 579 g/mol. The van der Waals surface area contributed by atoms with Crippen molar-refractivity contribution >= 4 is 38.1 Å². The van der Waals surface area contributed by atoms with Crippen LogP contribution in [0.2, 0.25) is 0 Å². The molecule has 0 saturated carbocycles. The van der Waals surface area contributed by atoms with Crippen LogP contribution in [0.5, 0.6) is 0 Å². The van der Waals surface area contributed by atoms with Gasteiger partial charge in [0.25, 0.3) is 11.8 Å². The van der Waals surface area contributed by atoms with Crippen LogP contribution >= 0.6 is 11.3 Å². The Hall–Kier alpha value is -3.93. The third-order valence-corrected chi connectivity index (χ3v) is 9.03. The van der Waals surface area contributed by atoms with E-state index in [1.165, 1.54) is 42.7 Å². The van der Waals surface area contributed by atoms with E-state index in [1.54, 1.807) is 20.0 Å². The Morgan fingerprint density at radius 1 is 1.00 bits per heavy atom. The van der Waals surface area contributed by atoms with Crippen molar-refractivity contribution in [2.75, 3.05) is 19.0 Å². The van der Waals surface area contributed by atoms with Gasteiger partial charge < -0.3 is 15.4 Å². The van der Waals surface area contributed by atoms with Crippen molar-refractivity contribution in [3.8, 4) is 22.4 Å². The fraction of sp³-hybridized carbons (Fsp3) is 0.241. The number of pyridine rings is 1. The molecular formula is C29H30N4O5S2. The molecule has 4 rings (SSSR count). The van der Waals surface area contributed by atoms with Gasteiger partial charge >= 0.3 is 0 Å². The first-order valence-corrected chi connectivity index (χ1v) is 14.9. The van der Waals surface area contributed by atoms with E-state index in [-0.39, 0.29) is 17.1 Å². The number of rotatable bonds is 10. The Bertz CT molecular complexity index is 1630. The predicted octanol–water partition coefficient (Wildman–Crippen LogP) is 4.75. The molecule has 2 heterocycles. The molecular weight excluding hydrogens is 548 g/mol. The highest BCUT2D eigenvalue weighted by molar-refractivity contribution is 7.92. The summed E-state index contributed by atoms with van der Waals surface area (Å²) in [7, 11) is -2.15. The third kappa shape index (κ3) is 6.79. The van der Waals surface area contributed by atoms with Gasteiger partial charge in [-0.1, -0.05) is 24.3 Å². The van der Waals surface area contributed by atoms with Crippen LogP contribution in [0.15, 0.2) is 77.1 Å². The van der Waals surface area contributed by atoms with Crippen molar-refractivity contribution in [1.29, 1.82) is 0 Å². The van der Waals surface area contributed by atoms with Crippen LogP contribution in [0, 0.1) is 6.92 Å². The lowest BCUT2D eigenvalue weighted by molar-refractivity contribution is -0.119. The predicted molar refractivity (Wildman–Crippen MR) is 156 cm³/mol. The van der Waals surface area contributed by atoms with Gasteiger partial charge in [0.1, 0.15) is 6.04 Å². The summed E-state index contributed by atoms with van der Waals surface area (Å²) in [6, 6.07) is 16.6. The van der Waals surface area contributed by atoms with E-state index < -0.39 is 32.9 Å². The number of carbonyl (C=O) groups is 2. The van der Waals surface area contributed by atoms with Gasteiger partial charge in [0.05, 0.1) is 22.4 Å². The smallest absolute Gasteiger partial charge is 0.252 e. The number of hydrogen-bond donors (Lipinski definition) is 2. The molecule has 2 aromatic heterocycles. The monoisotopic (exact) mass is 578 g/mol. The maximum absolute atomic E-state index is 13.1. The number of nitrogens with one attached hydrogen (secondary N) is 2. The number of benzene rings is 2. The number of thiazole rings is 1. The quantitative estimate of drug-likeness (QED) is 0.278. The minimum atomic E-state index is -3.56. The van der Waals surface area contributed by atoms with E-state index in [1.807, 2.05) is 48.7 Å². The zero-order valence-corrected chi connectivity index (χ0v) is 24.2. The first-order chi connectivity index (χ1) is 19.1. The number of amides is 2. The third-order valence-electron chi connectivity index (χ3n) is 6.12. The van der Waals surface area contributed by atoms with Crippen LogP contribution in [0.4, 0.5) is 5.13 Å². The number of aromatic nitrogens is 2. The topological polar surface area (TPSA) is 127 Å². The lowest BCUT2D eigenvalue weighted by Gasteiger charge is -2.17. The standard InChI is InChI=1S/C29H30N4O5S2/c1-18(2)40(36,37)24-10-6-9-23(15-24)27(34)31-25(16-38-4)28(35)33-29-32-26(17-39-29)22-8-5-7-20(14-22)21-11-12-30-19(3)13-21/h5-15,17-18,25H,16H2,1-4H3,(H,31,34)(H,32,33,35)/t25-/m0/s1. The van der Waals surface area contributed by atoms with Crippen molar-refractivity contribution in [2.45, 2.75) is 37.0 Å². The highest BCUT2D eigenvalue weighted by atomic mass is 32.2. The molecule has 1 atom stereocenters. The molecule has 2 aromatic carbocycles. The molecule has 0 aliphatic carbocycles. The van der Waals surface area contributed by atoms with Crippen LogP contribution in [-0.4, -0.2) is 55.2 Å². The molecule has 0 aliphatic rings. The molecule has 0 unspecified atom stereocenters. The van der Waals surface area contributed by atoms with Gasteiger partial charge in [-0.05, 0) is 68.3 Å². The van der Waals surface area contributed by atoms with Crippen molar-refractivity contribution in [1.82, 2.24) is 15.3 Å². The largest absolute Gasteiger partial charge is 0.382 e. The molecule has 9 nitrogen and oxygen atoms in total. The molecule has 0 saturated heterocycles. The van der Waals surface area contributed by atoms with Crippen molar-refractivity contribution < 1.29 is 22.7 Å². The maximum atomic E-state index is 13.1. The summed E-state index contributed by atoms with van der Waals surface area (Å²) in [6.45, 7) is 5.00. The van der Waals surface area contributed by atoms with E-state index in [2.05, 4.69) is 20.6 Å². The number of sulfone groups is 1. The minimum absolute atomic E-state index is 0.0429. The Kier molecular flexibility index (Phi) is 9.08. The number of methoxy groups -OCH3 is 1. The first kappa shape index (κ1) is 29.1. The van der Waals surface area contributed by atoms with Crippen molar-refractivity contribution in [2.24, 2.45) is 0 Å². The van der Waals surface area contributed by atoms with E-state index in [9.17, 15) is 18.0 Å². The molecule has 2 N–H and O–H groups in total. The number of ether oxygens (including phenoxy) is 1. The summed E-state index contributed by atoms with van der Waals surface area (Å²) in [5, 5.41) is 6.95. The maximum Gasteiger partial charge on any atom is 0.252 e. The molecule has 2 amide bonds. The molecule has 208 valence electrons. The van der Waals surface area contributed by atoms with Crippen LogP contribution in [0.3, 0.4) is 0 Å². The summed E-state index contributed by atoms with van der Waals surface area (Å²) in [5.41, 5.74) is 4.70. The number of carbonyl (C=O) groups excluding carboxylic acids is 2. The summed E-state index contributed by atoms with van der Waals surface area (Å²) in [5.74, 6) is -1.11. The molecule has 40 heavy (non-hydrogen) atoms. The number of aryl methyl sites for hydroxylation is 1. The fourth-order valence-corrected chi connectivity index (χ4v) is 5.74. The number of nitrogens with zero attached hydrogens (tertiary/aromatic N) is 2. The van der Waals surface area contributed by atoms with Gasteiger partial charge in [-0.3, -0.25) is 14.6 Å². The SMILES string of the molecule is COC[C@H](NC(=O)c1cccc(S(=O)(=O)C(C)C)c1)C(=O)Nc1nc(-c2cccc(-c3ccnc(C)c3)c2)cs1. The molecule has 0 radical (unpaired) electrons. The molecule has 11 heteroatoms. The second-order valence-electron chi connectivity index (χ2n) is 9.40. The zero-order valence-electron chi connectivity index (χ0n) is 22.5. The van der Waals surface area contributed by atoms with Gasteiger partial charge in [-0.2, -0.15) is 0 Å². The lowest BCUT2D eigenvalue weighted by atomic mass is 10.0. The Balaban J connectivity index is 1.47. The molecule has 0 fully saturated rings. The molecule has 0 aliphatic heterocycles. The summed E-state index contributed by atoms with van der Waals surface area (Å²) in [6.07, 6.45) is 1.77. The van der Waals surface area contributed by atoms with Crippen molar-refractivity contribution in [3.63, 3.8) is 0 Å². The Morgan fingerprint density at radius 3 is 2.45 bits per heavy atom. The average Bonchev–Trinajstić information content (AvgIpc) is 3.41. The normalized spacial score (nSPS) is 12.2.